The topological polar surface area (TPSA) is 48.6 Å². The van der Waals surface area contributed by atoms with Crippen molar-refractivity contribution in [1.82, 2.24) is 0 Å². The summed E-state index contributed by atoms with van der Waals surface area (Å²) in [4.78, 5) is 6.00. The maximum Gasteiger partial charge on any atom is 0.416 e. The fraction of sp³-hybridized carbons (Fsp3) is 0.214. The number of fused-ring (bicyclic) bond motifs is 3. The predicted octanol–water partition coefficient (Wildman–Crippen LogP) is 7.78. The van der Waals surface area contributed by atoms with Crippen molar-refractivity contribution < 1.29 is 31.1 Å². The molecule has 10 heteroatoms. The lowest BCUT2D eigenvalue weighted by Gasteiger charge is -2.47. The number of nitriles is 1. The lowest BCUT2D eigenvalue weighted by Crippen LogP contribution is -2.56. The van der Waals surface area contributed by atoms with Crippen molar-refractivity contribution in [3.63, 3.8) is 0 Å². The first kappa shape index (κ1) is 25.4. The number of anilines is 1. The highest BCUT2D eigenvalue weighted by atomic mass is 19.4. The molecule has 2 heterocycles. The first-order valence-corrected chi connectivity index (χ1v) is 11.5. The zero-order chi connectivity index (χ0) is 27.5. The van der Waals surface area contributed by atoms with Crippen LogP contribution >= 0.6 is 0 Å². The van der Waals surface area contributed by atoms with Crippen molar-refractivity contribution in [2.24, 2.45) is 10.9 Å². The molecule has 3 aromatic rings. The molecule has 0 saturated heterocycles. The highest BCUT2D eigenvalue weighted by molar-refractivity contribution is 6.07. The molecule has 0 fully saturated rings. The van der Waals surface area contributed by atoms with Gasteiger partial charge in [0.1, 0.15) is 5.54 Å². The van der Waals surface area contributed by atoms with Crippen LogP contribution < -0.4 is 9.64 Å². The number of aliphatic imine (C=N–C) groups is 1. The number of hydrogen-bond donors (Lipinski definition) is 0. The van der Waals surface area contributed by atoms with Gasteiger partial charge in [-0.3, -0.25) is 4.90 Å². The SMILES string of the molecule is CC(C)C1(c2cc(C(F)(F)F)cc(C(F)(F)F)c2)C(C#N)=C(c2ccccc2)N=C2Oc3ccccc3N21. The van der Waals surface area contributed by atoms with E-state index < -0.39 is 34.9 Å². The largest absolute Gasteiger partial charge is 0.423 e. The standard InChI is InChI=1S/C28H19F6N3O/c1-16(2)26(18-12-19(27(29,30)31)14-20(13-18)28(32,33)34)21(15-35)24(17-8-4-3-5-9-17)36-25-37(26)22-10-6-7-11-23(22)38-25/h3-14,16H,1-2H3. The van der Waals surface area contributed by atoms with Gasteiger partial charge in [-0.25, -0.2) is 0 Å². The van der Waals surface area contributed by atoms with Crippen LogP contribution in [0.2, 0.25) is 0 Å². The summed E-state index contributed by atoms with van der Waals surface area (Å²) in [6.45, 7) is 3.27. The number of para-hydroxylation sites is 2. The second-order valence-corrected chi connectivity index (χ2v) is 9.22. The summed E-state index contributed by atoms with van der Waals surface area (Å²) in [6.07, 6.45) is -10.1. The molecular formula is C28H19F6N3O. The summed E-state index contributed by atoms with van der Waals surface area (Å²) in [6, 6.07) is 18.5. The molecule has 0 aromatic heterocycles. The molecule has 4 nitrogen and oxygen atoms in total. The first-order chi connectivity index (χ1) is 17.9. The van der Waals surface area contributed by atoms with Gasteiger partial charge in [0, 0.05) is 5.56 Å². The molecule has 3 aromatic carbocycles. The van der Waals surface area contributed by atoms with E-state index >= 15 is 0 Å². The molecule has 5 rings (SSSR count). The lowest BCUT2D eigenvalue weighted by atomic mass is 9.70. The van der Waals surface area contributed by atoms with E-state index in [2.05, 4.69) is 11.1 Å². The van der Waals surface area contributed by atoms with Crippen LogP contribution in [-0.2, 0) is 17.9 Å². The van der Waals surface area contributed by atoms with Crippen LogP contribution in [0.5, 0.6) is 5.75 Å². The van der Waals surface area contributed by atoms with Gasteiger partial charge in [0.05, 0.1) is 34.2 Å². The maximum absolute atomic E-state index is 14.0. The molecule has 1 atom stereocenters. The van der Waals surface area contributed by atoms with Crippen molar-refractivity contribution in [3.05, 3.63) is 101 Å². The Morgan fingerprint density at radius 3 is 2.00 bits per heavy atom. The number of benzene rings is 3. The Bertz CT molecular complexity index is 1480. The van der Waals surface area contributed by atoms with Gasteiger partial charge < -0.3 is 4.74 Å². The normalized spacial score (nSPS) is 19.1. The Labute approximate surface area is 214 Å². The average Bonchev–Trinajstić information content (AvgIpc) is 3.25. The molecule has 2 aliphatic rings. The lowest BCUT2D eigenvalue weighted by molar-refractivity contribution is -0.143. The van der Waals surface area contributed by atoms with Crippen molar-refractivity contribution >= 4 is 17.4 Å². The number of amidine groups is 1. The number of halogens is 6. The highest BCUT2D eigenvalue weighted by Crippen LogP contribution is 2.55. The van der Waals surface area contributed by atoms with E-state index in [1.807, 2.05) is 0 Å². The Kier molecular flexibility index (Phi) is 5.78. The Hall–Kier alpha value is -4.26. The molecule has 0 saturated carbocycles. The number of rotatable bonds is 3. The maximum atomic E-state index is 14.0. The third-order valence-electron chi connectivity index (χ3n) is 6.70. The monoisotopic (exact) mass is 527 g/mol. The highest BCUT2D eigenvalue weighted by Gasteiger charge is 2.56. The van der Waals surface area contributed by atoms with E-state index in [9.17, 15) is 31.6 Å². The fourth-order valence-electron chi connectivity index (χ4n) is 5.10. The van der Waals surface area contributed by atoms with Crippen LogP contribution in [0.15, 0.2) is 83.4 Å². The van der Waals surface area contributed by atoms with Gasteiger partial charge in [-0.2, -0.15) is 36.6 Å². The van der Waals surface area contributed by atoms with Crippen molar-refractivity contribution in [1.29, 1.82) is 5.26 Å². The number of nitrogens with zero attached hydrogens (tertiary/aromatic N) is 3. The Balaban J connectivity index is 1.95. The van der Waals surface area contributed by atoms with Gasteiger partial charge >= 0.3 is 18.4 Å². The minimum atomic E-state index is -5.07. The zero-order valence-electron chi connectivity index (χ0n) is 20.0. The van der Waals surface area contributed by atoms with Crippen LogP contribution in [-0.4, -0.2) is 6.02 Å². The van der Waals surface area contributed by atoms with Crippen LogP contribution in [0.4, 0.5) is 32.0 Å². The van der Waals surface area contributed by atoms with E-state index in [0.717, 1.165) is 0 Å². The van der Waals surface area contributed by atoms with E-state index in [1.165, 1.54) is 4.90 Å². The van der Waals surface area contributed by atoms with Crippen LogP contribution in [0.1, 0.15) is 36.1 Å². The fourth-order valence-corrected chi connectivity index (χ4v) is 5.10. The molecule has 1 unspecified atom stereocenters. The second kappa shape index (κ2) is 8.65. The van der Waals surface area contributed by atoms with Gasteiger partial charge in [0.2, 0.25) is 0 Å². The van der Waals surface area contributed by atoms with Gasteiger partial charge in [-0.1, -0.05) is 56.3 Å². The van der Waals surface area contributed by atoms with Crippen molar-refractivity contribution in [2.75, 3.05) is 4.90 Å². The quantitative estimate of drug-likeness (QED) is 0.327. The third kappa shape index (κ3) is 3.81. The van der Waals surface area contributed by atoms with Crippen LogP contribution in [0, 0.1) is 17.2 Å². The minimum Gasteiger partial charge on any atom is -0.423 e. The Morgan fingerprint density at radius 2 is 1.45 bits per heavy atom. The molecule has 0 aliphatic carbocycles. The molecule has 38 heavy (non-hydrogen) atoms. The summed E-state index contributed by atoms with van der Waals surface area (Å²) in [5.41, 5.74) is -4.30. The second-order valence-electron chi connectivity index (χ2n) is 9.22. The van der Waals surface area contributed by atoms with Gasteiger partial charge in [0.25, 0.3) is 0 Å². The summed E-state index contributed by atoms with van der Waals surface area (Å²) in [5, 5.41) is 10.5. The number of alkyl halides is 6. The summed E-state index contributed by atoms with van der Waals surface area (Å²) in [7, 11) is 0. The molecule has 0 bridgehead atoms. The molecular weight excluding hydrogens is 508 g/mol. The van der Waals surface area contributed by atoms with E-state index in [4.69, 9.17) is 4.74 Å². The molecule has 0 spiro atoms. The van der Waals surface area contributed by atoms with Crippen molar-refractivity contribution in [2.45, 2.75) is 31.7 Å². The zero-order valence-corrected chi connectivity index (χ0v) is 20.0. The van der Waals surface area contributed by atoms with Gasteiger partial charge in [0.15, 0.2) is 5.75 Å². The first-order valence-electron chi connectivity index (χ1n) is 11.5. The summed E-state index contributed by atoms with van der Waals surface area (Å²) < 4.78 is 89.7. The Morgan fingerprint density at radius 1 is 0.868 bits per heavy atom. The van der Waals surface area contributed by atoms with Crippen LogP contribution in [0.25, 0.3) is 5.70 Å². The molecule has 0 amide bonds. The third-order valence-corrected chi connectivity index (χ3v) is 6.70. The minimum absolute atomic E-state index is 0.0521. The molecule has 0 N–H and O–H groups in total. The molecule has 0 radical (unpaired) electrons. The smallest absolute Gasteiger partial charge is 0.416 e. The number of ether oxygens (including phenoxy) is 1. The molecule has 2 aliphatic heterocycles. The van der Waals surface area contributed by atoms with Crippen LogP contribution in [0.3, 0.4) is 0 Å². The summed E-state index contributed by atoms with van der Waals surface area (Å²) >= 11 is 0. The molecule has 194 valence electrons. The number of hydrogen-bond acceptors (Lipinski definition) is 4. The average molecular weight is 527 g/mol. The van der Waals surface area contributed by atoms with Gasteiger partial charge in [-0.05, 0) is 41.8 Å². The van der Waals surface area contributed by atoms with Crippen molar-refractivity contribution in [3.8, 4) is 11.8 Å². The van der Waals surface area contributed by atoms with E-state index in [0.29, 0.717) is 29.1 Å². The van der Waals surface area contributed by atoms with E-state index in [-0.39, 0.29) is 28.9 Å². The predicted molar refractivity (Wildman–Crippen MR) is 129 cm³/mol. The van der Waals surface area contributed by atoms with E-state index in [1.54, 1.807) is 68.4 Å². The summed E-state index contributed by atoms with van der Waals surface area (Å²) in [5.74, 6) is -0.411. The van der Waals surface area contributed by atoms with Gasteiger partial charge in [-0.15, -0.1) is 0 Å².